The Labute approximate surface area is 539 Å². The number of hydrogen-bond donors (Lipinski definition) is 6. The van der Waals surface area contributed by atoms with E-state index in [1.807, 2.05) is 42.5 Å². The summed E-state index contributed by atoms with van der Waals surface area (Å²) in [7, 11) is 4.40. The quantitative estimate of drug-likeness (QED) is 0.0543. The van der Waals surface area contributed by atoms with E-state index in [2.05, 4.69) is 102 Å². The molecule has 7 aromatic carbocycles. The highest BCUT2D eigenvalue weighted by molar-refractivity contribution is 8.76. The number of aryl methyl sites for hydroxylation is 1. The first-order chi connectivity index (χ1) is 44.2. The number of ether oxygens (including phenoxy) is 4. The molecule has 1 spiro atoms. The first kappa shape index (κ1) is 59.9. The zero-order chi connectivity index (χ0) is 62.3. The molecule has 0 radical (unpaired) electrons. The van der Waals surface area contributed by atoms with Crippen LogP contribution in [0.4, 0.5) is 0 Å². The molecule has 14 atom stereocenters. The van der Waals surface area contributed by atoms with Gasteiger partial charge in [-0.05, 0) is 214 Å². The second kappa shape index (κ2) is 24.3. The van der Waals surface area contributed by atoms with Crippen LogP contribution in [0.1, 0.15) is 114 Å². The normalized spacial score (nSPS) is 30.7. The van der Waals surface area contributed by atoms with Gasteiger partial charge in [0.1, 0.15) is 30.0 Å². The number of esters is 2. The number of benzene rings is 7. The molecule has 15 rings (SSSR count). The first-order valence-corrected chi connectivity index (χ1v) is 34.9. The molecule has 91 heavy (non-hydrogen) atoms. The van der Waals surface area contributed by atoms with Crippen LogP contribution in [-0.4, -0.2) is 87.2 Å². The average Bonchev–Trinajstić information content (AvgIpc) is 0.682. The van der Waals surface area contributed by atoms with Crippen LogP contribution in [0, 0.1) is 52.8 Å². The summed E-state index contributed by atoms with van der Waals surface area (Å²) in [5.41, 5.74) is 8.98. The lowest BCUT2D eigenvalue weighted by atomic mass is 9.38. The summed E-state index contributed by atoms with van der Waals surface area (Å²) in [6.07, 6.45) is 5.24. The third-order valence-corrected chi connectivity index (χ3v) is 24.6. The van der Waals surface area contributed by atoms with E-state index < -0.39 is 52.4 Å². The zero-order valence-electron chi connectivity index (χ0n) is 51.3. The summed E-state index contributed by atoms with van der Waals surface area (Å²) in [4.78, 5) is 31.2. The van der Waals surface area contributed by atoms with Crippen molar-refractivity contribution in [3.05, 3.63) is 189 Å². The number of rotatable bonds is 5. The lowest BCUT2D eigenvalue weighted by Crippen LogP contribution is -2.64. The second-order valence-electron chi connectivity index (χ2n) is 27.2. The number of carbonyl (C=O) groups is 2. The summed E-state index contributed by atoms with van der Waals surface area (Å²) < 4.78 is 26.8. The Kier molecular flexibility index (Phi) is 16.0. The van der Waals surface area contributed by atoms with Crippen LogP contribution in [0.2, 0.25) is 0 Å². The van der Waals surface area contributed by atoms with E-state index in [0.29, 0.717) is 69.5 Å². The standard InChI is InChI=1S/C77H77NO11S2/c1-43(79)88-70-33-58-32-63-61-35-72(68(82)28-53(61)26-64-67(81)36-65-62-34-69(83)71(86-2)29-54(62)27-66(70)77(65,74(63)64)56-20-17-49-12-6-7-13-50(49)24-56)87-41-73(84)91-90-42-48-22-45-15-16-47(21-44-9-4-3-5-10-44)40-78-39-46-11-8-14-51(23-46)60-31-57(80)25-52-18-19-55(30-59(52)60)76(37-45,38-48)75(85)89-58/h3-14,18-19,23-25,28-31,34-35,45,47-48,58,63-67,70,73-74,78,80-84H,17,20-22,26-27,32-33,36-42H2,1-2H3. The van der Waals surface area contributed by atoms with Gasteiger partial charge >= 0.3 is 11.9 Å². The first-order valence-electron chi connectivity index (χ1n) is 32.5. The molecule has 6 N–H and O–H groups in total. The van der Waals surface area contributed by atoms with Crippen LogP contribution in [-0.2, 0) is 56.7 Å². The SMILES string of the molecule is COc1cc2c(cc1O)C1CC(O)C3Cc4cc(O)c5cc4C4CC(CC(OC(C)=O)C(C2)C1(C1=Cc2ccccc2CC1)C43)OC(=O)C12CC(C#CC(Cc3ccccc3)CNCc3cccc(c3)-c3cc(O)cc4ccc1cc34)CC(CSSC(O)CO5)C2. The molecule has 6 aliphatic carbocycles. The van der Waals surface area contributed by atoms with E-state index >= 15 is 4.79 Å². The zero-order valence-corrected chi connectivity index (χ0v) is 52.9. The molecule has 11 bridgehead atoms. The van der Waals surface area contributed by atoms with E-state index in [9.17, 15) is 30.3 Å². The summed E-state index contributed by atoms with van der Waals surface area (Å²) in [6, 6.07) is 44.6. The molecule has 7 aromatic rings. The van der Waals surface area contributed by atoms with Crippen LogP contribution >= 0.6 is 21.6 Å². The van der Waals surface area contributed by atoms with E-state index in [-0.39, 0.29) is 83.9 Å². The molecule has 3 saturated carbocycles. The minimum atomic E-state index is -1.28. The Morgan fingerprint density at radius 1 is 0.802 bits per heavy atom. The van der Waals surface area contributed by atoms with Crippen molar-refractivity contribution in [1.29, 1.82) is 0 Å². The van der Waals surface area contributed by atoms with Crippen LogP contribution in [0.15, 0.2) is 139 Å². The molecule has 8 aliphatic rings. The molecule has 0 saturated heterocycles. The molecule has 14 unspecified atom stereocenters. The number of carbonyl (C=O) groups excluding carboxylic acids is 2. The predicted molar refractivity (Wildman–Crippen MR) is 355 cm³/mol. The van der Waals surface area contributed by atoms with Crippen LogP contribution in [0.5, 0.6) is 28.7 Å². The van der Waals surface area contributed by atoms with Gasteiger partial charge in [0.25, 0.3) is 0 Å². The van der Waals surface area contributed by atoms with Crippen LogP contribution in [0.25, 0.3) is 28.0 Å². The number of allylic oxidation sites excluding steroid dienone is 1. The maximum absolute atomic E-state index is 17.1. The molecule has 2 heterocycles. The van der Waals surface area contributed by atoms with Gasteiger partial charge in [-0.25, -0.2) is 0 Å². The number of methoxy groups -OCH3 is 1. The molecule has 3 fully saturated rings. The van der Waals surface area contributed by atoms with Gasteiger partial charge in [-0.1, -0.05) is 130 Å². The number of aliphatic hydroxyl groups excluding tert-OH is 2. The van der Waals surface area contributed by atoms with Gasteiger partial charge in [0.05, 0.1) is 18.6 Å². The summed E-state index contributed by atoms with van der Waals surface area (Å²) in [5, 5.41) is 65.7. The van der Waals surface area contributed by atoms with Crippen molar-refractivity contribution in [2.75, 3.05) is 26.0 Å². The molecular weight excluding hydrogens is 1180 g/mol. The fourth-order valence-electron chi connectivity index (χ4n) is 18.5. The predicted octanol–water partition coefficient (Wildman–Crippen LogP) is 13.3. The molecule has 468 valence electrons. The summed E-state index contributed by atoms with van der Waals surface area (Å²) in [5.74, 6) is 5.64. The Bertz CT molecular complexity index is 4100. The number of aromatic hydroxyl groups is 3. The highest BCUT2D eigenvalue weighted by Crippen LogP contribution is 2.72. The van der Waals surface area contributed by atoms with E-state index in [0.717, 1.165) is 73.7 Å². The Hall–Kier alpha value is -7.38. The Balaban J connectivity index is 0.948. The number of hydrogen-bond acceptors (Lipinski definition) is 14. The van der Waals surface area contributed by atoms with Crippen molar-refractivity contribution in [2.24, 2.45) is 40.9 Å². The van der Waals surface area contributed by atoms with Gasteiger partial charge in [0.15, 0.2) is 23.0 Å². The fraction of sp³-hybridized carbons (Fsp3) is 0.403. The van der Waals surface area contributed by atoms with Crippen molar-refractivity contribution >= 4 is 50.4 Å². The number of aliphatic hydroxyl groups is 2. The minimum Gasteiger partial charge on any atom is -0.508 e. The minimum absolute atomic E-state index is 0.00886. The molecule has 12 nitrogen and oxygen atoms in total. The van der Waals surface area contributed by atoms with Crippen molar-refractivity contribution in [1.82, 2.24) is 5.32 Å². The van der Waals surface area contributed by atoms with Crippen molar-refractivity contribution in [3.8, 4) is 51.7 Å². The maximum Gasteiger partial charge on any atom is 0.316 e. The Morgan fingerprint density at radius 2 is 1.65 bits per heavy atom. The van der Waals surface area contributed by atoms with Gasteiger partial charge in [0.2, 0.25) is 0 Å². The largest absolute Gasteiger partial charge is 0.508 e. The van der Waals surface area contributed by atoms with Gasteiger partial charge < -0.3 is 49.8 Å². The average molecular weight is 1260 g/mol. The lowest BCUT2D eigenvalue weighted by Gasteiger charge is -2.66. The third kappa shape index (κ3) is 10.9. The van der Waals surface area contributed by atoms with Gasteiger partial charge in [0, 0.05) is 55.4 Å². The molecule has 2 aliphatic heterocycles. The highest BCUT2D eigenvalue weighted by atomic mass is 33.1. The molecule has 14 heteroatoms. The third-order valence-electron chi connectivity index (χ3n) is 22.0. The van der Waals surface area contributed by atoms with Gasteiger partial charge in [-0.3, -0.25) is 9.59 Å². The summed E-state index contributed by atoms with van der Waals surface area (Å²) in [6.45, 7) is 2.60. The van der Waals surface area contributed by atoms with Crippen molar-refractivity contribution in [3.63, 3.8) is 0 Å². The number of phenols is 3. The molecule has 0 aromatic heterocycles. The summed E-state index contributed by atoms with van der Waals surface area (Å²) >= 11 is 0. The van der Waals surface area contributed by atoms with Crippen LogP contribution in [0.3, 0.4) is 0 Å². The monoisotopic (exact) mass is 1260 g/mol. The second-order valence-corrected chi connectivity index (χ2v) is 29.8. The Morgan fingerprint density at radius 3 is 2.51 bits per heavy atom. The topological polar surface area (TPSA) is 184 Å². The fourth-order valence-corrected chi connectivity index (χ4v) is 20.7. The van der Waals surface area contributed by atoms with E-state index in [1.165, 1.54) is 45.2 Å². The van der Waals surface area contributed by atoms with E-state index in [4.69, 9.17) is 18.9 Å². The van der Waals surface area contributed by atoms with Crippen molar-refractivity contribution in [2.45, 2.75) is 125 Å². The lowest BCUT2D eigenvalue weighted by molar-refractivity contribution is -0.181. The van der Waals surface area contributed by atoms with Gasteiger partial charge in [-0.15, -0.1) is 0 Å². The molecular formula is C77H77NO11S2. The highest BCUT2D eigenvalue weighted by Gasteiger charge is 2.68. The molecule has 0 amide bonds. The van der Waals surface area contributed by atoms with Crippen molar-refractivity contribution < 1.29 is 54.1 Å². The number of phenolic OH excluding ortho intramolecular Hbond substituents is 3. The van der Waals surface area contributed by atoms with E-state index in [1.54, 1.807) is 19.2 Å². The number of nitrogens with one attached hydrogen (secondary N) is 1. The smallest absolute Gasteiger partial charge is 0.316 e. The van der Waals surface area contributed by atoms with Gasteiger partial charge in [-0.2, -0.15) is 0 Å². The maximum atomic E-state index is 17.1. The van der Waals surface area contributed by atoms with Crippen LogP contribution < -0.4 is 14.8 Å². The number of fused-ring (bicyclic) bond motifs is 11.